The molecule has 3 aliphatic rings. The zero-order valence-electron chi connectivity index (χ0n) is 23.1. The molecule has 0 saturated carbocycles. The molecule has 1 aliphatic carbocycles. The summed E-state index contributed by atoms with van der Waals surface area (Å²) in [6.45, 7) is 2.00. The molecule has 0 radical (unpaired) electrons. The number of nitrogen functional groups attached to an aromatic ring is 1. The maximum Gasteiger partial charge on any atom is 0.245 e. The van der Waals surface area contributed by atoms with E-state index in [0.717, 1.165) is 53.0 Å². The molecule has 1 atom stereocenters. The maximum absolute atomic E-state index is 12.9. The van der Waals surface area contributed by atoms with Gasteiger partial charge in [-0.25, -0.2) is 9.50 Å². The number of piperidine rings is 1. The molecular weight excluding hydrogens is 516 g/mol. The van der Waals surface area contributed by atoms with Gasteiger partial charge >= 0.3 is 0 Å². The largest absolute Gasteiger partial charge is 0.386 e. The number of carbonyl (C=O) groups is 2. The number of rotatable bonds is 6. The van der Waals surface area contributed by atoms with Gasteiger partial charge in [0.15, 0.2) is 5.82 Å². The fraction of sp³-hybridized carbons (Fsp3) is 0.323. The third-order valence-corrected chi connectivity index (χ3v) is 8.12. The van der Waals surface area contributed by atoms with Crippen LogP contribution in [-0.2, 0) is 16.1 Å². The van der Waals surface area contributed by atoms with Crippen molar-refractivity contribution in [3.8, 4) is 0 Å². The summed E-state index contributed by atoms with van der Waals surface area (Å²) in [6, 6.07) is 12.0. The van der Waals surface area contributed by atoms with Crippen molar-refractivity contribution in [3.63, 3.8) is 0 Å². The number of nitrogens with one attached hydrogen (secondary N) is 2. The van der Waals surface area contributed by atoms with E-state index in [-0.39, 0.29) is 23.8 Å². The van der Waals surface area contributed by atoms with Crippen LogP contribution in [0.4, 0.5) is 5.82 Å². The van der Waals surface area contributed by atoms with Gasteiger partial charge in [0.25, 0.3) is 0 Å². The normalized spacial score (nSPS) is 21.5. The van der Waals surface area contributed by atoms with Crippen LogP contribution in [-0.4, -0.2) is 63.2 Å². The molecule has 41 heavy (non-hydrogen) atoms. The lowest BCUT2D eigenvalue weighted by Crippen LogP contribution is -2.47. The number of aromatic nitrogens is 3. The van der Waals surface area contributed by atoms with E-state index in [1.165, 1.54) is 11.9 Å². The Bertz CT molecular complexity index is 1590. The van der Waals surface area contributed by atoms with Crippen LogP contribution >= 0.6 is 0 Å². The standard InChI is InChI=1S/C31H34N8O2/c1-33-26-15-22(7-8-23(26)18-34-17-20-5-3-2-4-6-20)24-16-27(39-29(24)30(32)35-19-36-39)21-11-13-38(14-12-21)31(41)25-9-10-28(40)37-25/h2-8,15-16,18-19,21,25,34H,9-14,17H2,1H3,(H,37,40)(H2,32,35,36)/b23-18-,33-26-. The number of hydrogen-bond acceptors (Lipinski definition) is 7. The Labute approximate surface area is 238 Å². The molecule has 4 heterocycles. The van der Waals surface area contributed by atoms with Crippen LogP contribution in [0.5, 0.6) is 0 Å². The van der Waals surface area contributed by atoms with E-state index in [4.69, 9.17) is 5.73 Å². The first-order chi connectivity index (χ1) is 20.0. The van der Waals surface area contributed by atoms with E-state index in [0.29, 0.717) is 31.7 Å². The van der Waals surface area contributed by atoms with E-state index in [2.05, 4.69) is 62.1 Å². The summed E-state index contributed by atoms with van der Waals surface area (Å²) < 4.78 is 1.90. The lowest BCUT2D eigenvalue weighted by atomic mass is 9.91. The van der Waals surface area contributed by atoms with Crippen LogP contribution in [0.2, 0.25) is 0 Å². The first kappa shape index (κ1) is 26.5. The monoisotopic (exact) mass is 550 g/mol. The molecule has 2 amide bonds. The van der Waals surface area contributed by atoms with E-state index >= 15 is 0 Å². The summed E-state index contributed by atoms with van der Waals surface area (Å²) >= 11 is 0. The van der Waals surface area contributed by atoms with Gasteiger partial charge in [-0.3, -0.25) is 14.6 Å². The molecule has 10 nitrogen and oxygen atoms in total. The van der Waals surface area contributed by atoms with E-state index < -0.39 is 0 Å². The van der Waals surface area contributed by atoms with Gasteiger partial charge in [-0.15, -0.1) is 0 Å². The molecule has 4 N–H and O–H groups in total. The van der Waals surface area contributed by atoms with Crippen molar-refractivity contribution in [2.75, 3.05) is 25.9 Å². The fourth-order valence-electron chi connectivity index (χ4n) is 5.92. The number of fused-ring (bicyclic) bond motifs is 1. The molecule has 2 saturated heterocycles. The first-order valence-corrected chi connectivity index (χ1v) is 14.1. The summed E-state index contributed by atoms with van der Waals surface area (Å²) in [6.07, 6.45) is 12.3. The van der Waals surface area contributed by atoms with Gasteiger partial charge in [0.05, 0.1) is 5.71 Å². The highest BCUT2D eigenvalue weighted by molar-refractivity contribution is 6.17. The van der Waals surface area contributed by atoms with Gasteiger partial charge in [0.1, 0.15) is 17.9 Å². The minimum atomic E-state index is -0.390. The number of aliphatic imine (C=N–C) groups is 1. The summed E-state index contributed by atoms with van der Waals surface area (Å²) in [5.41, 5.74) is 13.2. The van der Waals surface area contributed by atoms with Gasteiger partial charge < -0.3 is 21.3 Å². The van der Waals surface area contributed by atoms with Crippen LogP contribution in [0.15, 0.2) is 77.7 Å². The highest BCUT2D eigenvalue weighted by atomic mass is 16.2. The second-order valence-corrected chi connectivity index (χ2v) is 10.7. The topological polar surface area (TPSA) is 130 Å². The second kappa shape index (κ2) is 11.4. The molecule has 2 fully saturated rings. The molecule has 2 aromatic heterocycles. The zero-order valence-corrected chi connectivity index (χ0v) is 23.1. The molecule has 210 valence electrons. The average molecular weight is 551 g/mol. The number of benzene rings is 1. The van der Waals surface area contributed by atoms with Crippen LogP contribution in [0.3, 0.4) is 0 Å². The Morgan fingerprint density at radius 1 is 1.20 bits per heavy atom. The molecule has 0 spiro atoms. The second-order valence-electron chi connectivity index (χ2n) is 10.7. The minimum absolute atomic E-state index is 0.0209. The van der Waals surface area contributed by atoms with Crippen molar-refractivity contribution >= 4 is 34.4 Å². The van der Waals surface area contributed by atoms with Gasteiger partial charge in [-0.05, 0) is 42.5 Å². The van der Waals surface area contributed by atoms with Crippen molar-refractivity contribution in [2.24, 2.45) is 4.99 Å². The highest BCUT2D eigenvalue weighted by Crippen LogP contribution is 2.36. The number of amides is 2. The number of anilines is 1. The molecular formula is C31H34N8O2. The van der Waals surface area contributed by atoms with Gasteiger partial charge in [0, 0.05) is 62.1 Å². The average Bonchev–Trinajstić information content (AvgIpc) is 3.62. The van der Waals surface area contributed by atoms with Crippen molar-refractivity contribution in [1.82, 2.24) is 30.1 Å². The van der Waals surface area contributed by atoms with E-state index in [1.807, 2.05) is 33.8 Å². The highest BCUT2D eigenvalue weighted by Gasteiger charge is 2.34. The van der Waals surface area contributed by atoms with E-state index in [9.17, 15) is 9.59 Å². The summed E-state index contributed by atoms with van der Waals surface area (Å²) in [7, 11) is 1.79. The van der Waals surface area contributed by atoms with Crippen LogP contribution in [0, 0.1) is 0 Å². The van der Waals surface area contributed by atoms with Gasteiger partial charge in [-0.2, -0.15) is 5.10 Å². The Kier molecular flexibility index (Phi) is 7.37. The van der Waals surface area contributed by atoms with E-state index in [1.54, 1.807) is 7.05 Å². The number of nitrogens with zero attached hydrogens (tertiary/aromatic N) is 5. The Morgan fingerprint density at radius 3 is 2.73 bits per heavy atom. The number of carbonyl (C=O) groups excluding carboxylic acids is 2. The Hall–Kier alpha value is -4.73. The molecule has 10 heteroatoms. The van der Waals surface area contributed by atoms with Gasteiger partial charge in [-0.1, -0.05) is 42.5 Å². The third kappa shape index (κ3) is 5.37. The van der Waals surface area contributed by atoms with Crippen molar-refractivity contribution in [3.05, 3.63) is 89.5 Å². The lowest BCUT2D eigenvalue weighted by Gasteiger charge is -2.33. The quantitative estimate of drug-likeness (QED) is 0.433. The minimum Gasteiger partial charge on any atom is -0.386 e. The van der Waals surface area contributed by atoms with Crippen LogP contribution in [0.1, 0.15) is 48.4 Å². The maximum atomic E-state index is 12.9. The number of nitrogens with two attached hydrogens (primary N) is 1. The smallest absolute Gasteiger partial charge is 0.245 e. The Morgan fingerprint density at radius 2 is 2.00 bits per heavy atom. The first-order valence-electron chi connectivity index (χ1n) is 14.1. The molecule has 6 rings (SSSR count). The fourth-order valence-corrected chi connectivity index (χ4v) is 5.92. The molecule has 1 aromatic carbocycles. The van der Waals surface area contributed by atoms with Crippen LogP contribution in [0.25, 0.3) is 11.1 Å². The van der Waals surface area contributed by atoms with Crippen molar-refractivity contribution in [2.45, 2.75) is 44.2 Å². The molecule has 1 unspecified atom stereocenters. The SMILES string of the molecule is C/N=C1/C=C(c2cc(C3CCN(C(=O)C4CCC(=O)N4)CC3)n3ncnc(N)c23)C=C/C1=C/NCc1ccccc1. The summed E-state index contributed by atoms with van der Waals surface area (Å²) in [5, 5.41) is 10.8. The number of allylic oxidation sites excluding steroid dienone is 5. The summed E-state index contributed by atoms with van der Waals surface area (Å²) in [4.78, 5) is 35.2. The molecule has 2 aliphatic heterocycles. The lowest BCUT2D eigenvalue weighted by molar-refractivity contribution is -0.135. The molecule has 0 bridgehead atoms. The zero-order chi connectivity index (χ0) is 28.3. The number of likely N-dealkylation sites (tertiary alicyclic amines) is 1. The third-order valence-electron chi connectivity index (χ3n) is 8.12. The summed E-state index contributed by atoms with van der Waals surface area (Å²) in [5.74, 6) is 0.600. The predicted molar refractivity (Wildman–Crippen MR) is 159 cm³/mol. The Balaban J connectivity index is 1.22. The van der Waals surface area contributed by atoms with Crippen molar-refractivity contribution < 1.29 is 9.59 Å². The van der Waals surface area contributed by atoms with Gasteiger partial charge in [0.2, 0.25) is 11.8 Å². The van der Waals surface area contributed by atoms with Crippen molar-refractivity contribution in [1.29, 1.82) is 0 Å². The van der Waals surface area contributed by atoms with Crippen LogP contribution < -0.4 is 16.4 Å². The molecule has 3 aromatic rings. The number of hydrogen-bond donors (Lipinski definition) is 3. The predicted octanol–water partition coefficient (Wildman–Crippen LogP) is 2.99.